The number of carbonyl (C=O) groups is 1. The molecule has 2 aliphatic rings. The van der Waals surface area contributed by atoms with Crippen LogP contribution in [0.15, 0.2) is 26.9 Å². The molecule has 8 nitrogen and oxygen atoms in total. The van der Waals surface area contributed by atoms with Gasteiger partial charge in [0.15, 0.2) is 10.7 Å². The van der Waals surface area contributed by atoms with Gasteiger partial charge in [0.1, 0.15) is 5.69 Å². The van der Waals surface area contributed by atoms with Crippen LogP contribution in [0.25, 0.3) is 12.2 Å². The van der Waals surface area contributed by atoms with Gasteiger partial charge >= 0.3 is 0 Å². The van der Waals surface area contributed by atoms with Gasteiger partial charge in [-0.05, 0) is 50.4 Å². The summed E-state index contributed by atoms with van der Waals surface area (Å²) in [7, 11) is -1.78. The normalized spacial score (nSPS) is 21.7. The molecule has 0 aromatic carbocycles. The van der Waals surface area contributed by atoms with E-state index in [1.54, 1.807) is 24.3 Å². The van der Waals surface area contributed by atoms with Gasteiger partial charge < -0.3 is 14.3 Å². The molecule has 2 saturated heterocycles. The lowest BCUT2D eigenvalue weighted by atomic mass is 9.98. The summed E-state index contributed by atoms with van der Waals surface area (Å²) < 4.78 is 33.8. The zero-order valence-corrected chi connectivity index (χ0v) is 19.5. The van der Waals surface area contributed by atoms with Gasteiger partial charge in [-0.15, -0.1) is 11.3 Å². The maximum absolute atomic E-state index is 13.5. The van der Waals surface area contributed by atoms with Gasteiger partial charge in [0, 0.05) is 44.1 Å². The van der Waals surface area contributed by atoms with Crippen molar-refractivity contribution in [1.82, 2.24) is 19.3 Å². The maximum Gasteiger partial charge on any atom is 0.248 e. The Bertz CT molecular complexity index is 1040. The number of hydrogen-bond acceptors (Lipinski definition) is 7. The molecule has 0 N–H and O–H groups in total. The van der Waals surface area contributed by atoms with Crippen molar-refractivity contribution in [2.75, 3.05) is 46.3 Å². The van der Waals surface area contributed by atoms with E-state index in [-0.39, 0.29) is 29.0 Å². The van der Waals surface area contributed by atoms with Crippen LogP contribution in [0.5, 0.6) is 0 Å². The van der Waals surface area contributed by atoms with Gasteiger partial charge in [0.05, 0.1) is 5.92 Å². The molecular weight excluding hydrogens is 436 g/mol. The smallest absolute Gasteiger partial charge is 0.248 e. The SMILES string of the molecule is Cc1noc(/C=C/c2cccs2)c1S(=O)(=O)N1CCCC(C(=O)N2CCN(C)CC2)C1. The lowest BCUT2D eigenvalue weighted by Crippen LogP contribution is -2.52. The number of likely N-dealkylation sites (N-methyl/N-ethyl adjacent to an activating group) is 1. The summed E-state index contributed by atoms with van der Waals surface area (Å²) in [5.41, 5.74) is 0.332. The fourth-order valence-electron chi connectivity index (χ4n) is 4.12. The van der Waals surface area contributed by atoms with E-state index in [0.717, 1.165) is 18.0 Å². The number of aromatic nitrogens is 1. The molecule has 2 fully saturated rings. The van der Waals surface area contributed by atoms with Crippen LogP contribution in [-0.4, -0.2) is 79.9 Å². The molecule has 1 unspecified atom stereocenters. The third-order valence-corrected chi connectivity index (χ3v) is 8.78. The number of carbonyl (C=O) groups excluding carboxylic acids is 1. The molecule has 4 rings (SSSR count). The summed E-state index contributed by atoms with van der Waals surface area (Å²) in [6.07, 6.45) is 4.84. The van der Waals surface area contributed by atoms with Crippen LogP contribution in [0.3, 0.4) is 0 Å². The van der Waals surface area contributed by atoms with E-state index in [2.05, 4.69) is 10.1 Å². The fraction of sp³-hybridized carbons (Fsp3) is 0.524. The minimum absolute atomic E-state index is 0.0628. The van der Waals surface area contributed by atoms with E-state index >= 15 is 0 Å². The summed E-state index contributed by atoms with van der Waals surface area (Å²) in [5.74, 6) is -0.0246. The van der Waals surface area contributed by atoms with Crippen molar-refractivity contribution in [3.8, 4) is 0 Å². The molecule has 2 aromatic rings. The average molecular weight is 465 g/mol. The van der Waals surface area contributed by atoms with Crippen LogP contribution in [0.1, 0.15) is 29.2 Å². The quantitative estimate of drug-likeness (QED) is 0.675. The molecule has 0 bridgehead atoms. The molecule has 0 saturated carbocycles. The third-order valence-electron chi connectivity index (χ3n) is 5.92. The maximum atomic E-state index is 13.5. The van der Waals surface area contributed by atoms with E-state index in [9.17, 15) is 13.2 Å². The van der Waals surface area contributed by atoms with Crippen LogP contribution in [0.4, 0.5) is 0 Å². The van der Waals surface area contributed by atoms with Crippen LogP contribution in [0, 0.1) is 12.8 Å². The molecule has 31 heavy (non-hydrogen) atoms. The van der Waals surface area contributed by atoms with Gasteiger partial charge in [-0.3, -0.25) is 4.79 Å². The van der Waals surface area contributed by atoms with Gasteiger partial charge in [-0.2, -0.15) is 4.31 Å². The van der Waals surface area contributed by atoms with E-state index in [0.29, 0.717) is 38.2 Å². The third kappa shape index (κ3) is 4.77. The molecule has 1 amide bonds. The second-order valence-electron chi connectivity index (χ2n) is 8.14. The lowest BCUT2D eigenvalue weighted by Gasteiger charge is -2.37. The zero-order valence-electron chi connectivity index (χ0n) is 17.9. The molecule has 0 spiro atoms. The Morgan fingerprint density at radius 1 is 1.23 bits per heavy atom. The number of hydrogen-bond donors (Lipinski definition) is 0. The molecule has 168 valence electrons. The summed E-state index contributed by atoms with van der Waals surface area (Å²) >= 11 is 1.55. The highest BCUT2D eigenvalue weighted by atomic mass is 32.2. The van der Waals surface area contributed by atoms with Crippen molar-refractivity contribution < 1.29 is 17.7 Å². The number of nitrogens with zero attached hydrogens (tertiary/aromatic N) is 4. The lowest BCUT2D eigenvalue weighted by molar-refractivity contribution is -0.138. The van der Waals surface area contributed by atoms with Crippen LogP contribution in [0.2, 0.25) is 0 Å². The molecule has 1 atom stereocenters. The first-order valence-corrected chi connectivity index (χ1v) is 12.8. The first kappa shape index (κ1) is 22.2. The van der Waals surface area contributed by atoms with Crippen molar-refractivity contribution in [2.45, 2.75) is 24.7 Å². The van der Waals surface area contributed by atoms with Gasteiger partial charge in [-0.1, -0.05) is 11.2 Å². The second kappa shape index (κ2) is 9.23. The van der Waals surface area contributed by atoms with Crippen molar-refractivity contribution in [1.29, 1.82) is 0 Å². The van der Waals surface area contributed by atoms with E-state index < -0.39 is 10.0 Å². The summed E-state index contributed by atoms with van der Waals surface area (Å²) in [5, 5.41) is 5.86. The minimum Gasteiger partial charge on any atom is -0.355 e. The minimum atomic E-state index is -3.83. The number of piperazine rings is 1. The first-order chi connectivity index (χ1) is 14.9. The number of piperidine rings is 1. The standard InChI is InChI=1S/C21H28N4O4S2/c1-16-20(19(29-22-16)8-7-18-6-4-14-30-18)31(27,28)25-9-3-5-17(15-25)21(26)24-12-10-23(2)11-13-24/h4,6-8,14,17H,3,5,9-13,15H2,1-2H3/b8-7+. The van der Waals surface area contributed by atoms with Crippen molar-refractivity contribution in [3.05, 3.63) is 33.8 Å². The highest BCUT2D eigenvalue weighted by Gasteiger charge is 2.38. The number of aryl methyl sites for hydroxylation is 1. The molecule has 0 radical (unpaired) electrons. The number of rotatable bonds is 5. The molecule has 0 aliphatic carbocycles. The second-order valence-corrected chi connectivity index (χ2v) is 11.0. The number of sulfonamides is 1. The Hall–Kier alpha value is -2.01. The Labute approximate surface area is 187 Å². The zero-order chi connectivity index (χ0) is 22.0. The first-order valence-electron chi connectivity index (χ1n) is 10.5. The Balaban J connectivity index is 1.52. The predicted octanol–water partition coefficient (Wildman–Crippen LogP) is 2.39. The fourth-order valence-corrected chi connectivity index (χ4v) is 6.51. The van der Waals surface area contributed by atoms with Gasteiger partial charge in [0.2, 0.25) is 15.9 Å². The monoisotopic (exact) mass is 464 g/mol. The van der Waals surface area contributed by atoms with Crippen molar-refractivity contribution in [3.63, 3.8) is 0 Å². The molecule has 2 aliphatic heterocycles. The number of amides is 1. The van der Waals surface area contributed by atoms with Gasteiger partial charge in [0.25, 0.3) is 0 Å². The van der Waals surface area contributed by atoms with Crippen LogP contribution < -0.4 is 0 Å². The van der Waals surface area contributed by atoms with Crippen LogP contribution >= 0.6 is 11.3 Å². The Morgan fingerprint density at radius 3 is 2.71 bits per heavy atom. The Kier molecular flexibility index (Phi) is 6.61. The van der Waals surface area contributed by atoms with Gasteiger partial charge in [-0.25, -0.2) is 8.42 Å². The van der Waals surface area contributed by atoms with Crippen molar-refractivity contribution in [2.24, 2.45) is 5.92 Å². The van der Waals surface area contributed by atoms with E-state index in [1.165, 1.54) is 4.31 Å². The average Bonchev–Trinajstić information content (AvgIpc) is 3.42. The largest absolute Gasteiger partial charge is 0.355 e. The predicted molar refractivity (Wildman–Crippen MR) is 120 cm³/mol. The summed E-state index contributed by atoms with van der Waals surface area (Å²) in [4.78, 5) is 18.2. The molecule has 4 heterocycles. The number of thiophene rings is 1. The van der Waals surface area contributed by atoms with Crippen LogP contribution in [-0.2, 0) is 14.8 Å². The highest BCUT2D eigenvalue weighted by molar-refractivity contribution is 7.89. The molecule has 2 aromatic heterocycles. The van der Waals surface area contributed by atoms with E-state index in [4.69, 9.17) is 4.52 Å². The topological polar surface area (TPSA) is 87.0 Å². The molecular formula is C21H28N4O4S2. The summed E-state index contributed by atoms with van der Waals surface area (Å²) in [6, 6.07) is 3.87. The van der Waals surface area contributed by atoms with Crippen molar-refractivity contribution >= 4 is 39.4 Å². The summed E-state index contributed by atoms with van der Waals surface area (Å²) in [6.45, 7) is 5.32. The highest BCUT2D eigenvalue weighted by Crippen LogP contribution is 2.30. The molecule has 10 heteroatoms. The van der Waals surface area contributed by atoms with E-state index in [1.807, 2.05) is 35.5 Å². The Morgan fingerprint density at radius 2 is 2.00 bits per heavy atom.